The Labute approximate surface area is 215 Å². The number of carbonyl (C=O) groups is 1. The Morgan fingerprint density at radius 2 is 1.73 bits per heavy atom. The molecule has 1 saturated heterocycles. The molecule has 0 aromatic heterocycles. The molecule has 0 amide bonds. The van der Waals surface area contributed by atoms with Crippen molar-refractivity contribution >= 4 is 5.97 Å². The molecule has 0 bridgehead atoms. The van der Waals surface area contributed by atoms with E-state index in [1.54, 1.807) is 6.92 Å². The van der Waals surface area contributed by atoms with E-state index in [9.17, 15) is 40.5 Å². The molecule has 0 radical (unpaired) electrons. The highest BCUT2D eigenvalue weighted by atomic mass is 16.7. The van der Waals surface area contributed by atoms with Crippen molar-refractivity contribution in [2.75, 3.05) is 6.61 Å². The average molecular weight is 527 g/mol. The van der Waals surface area contributed by atoms with Gasteiger partial charge in [-0.3, -0.25) is 0 Å². The van der Waals surface area contributed by atoms with Crippen LogP contribution in [0.1, 0.15) is 63.7 Å². The van der Waals surface area contributed by atoms with E-state index < -0.39 is 66.6 Å². The van der Waals surface area contributed by atoms with E-state index in [-0.39, 0.29) is 17.1 Å². The summed E-state index contributed by atoms with van der Waals surface area (Å²) in [6.07, 6.45) is -5.44. The minimum absolute atomic E-state index is 0.226. The number of aliphatic hydroxyl groups excluding tert-OH is 4. The van der Waals surface area contributed by atoms with Crippen LogP contribution in [0.2, 0.25) is 0 Å². The Balaban J connectivity index is 1.66. The van der Waals surface area contributed by atoms with Crippen molar-refractivity contribution < 1.29 is 54.8 Å². The fourth-order valence-corrected chi connectivity index (χ4v) is 5.13. The van der Waals surface area contributed by atoms with Gasteiger partial charge < -0.3 is 50.0 Å². The number of aliphatic hydroxyl groups is 4. The summed E-state index contributed by atoms with van der Waals surface area (Å²) >= 11 is 0. The van der Waals surface area contributed by atoms with E-state index in [2.05, 4.69) is 13.8 Å². The molecule has 1 aromatic rings. The number of carbonyl (C=O) groups excluding carboxylic acids is 1. The Bertz CT molecular complexity index is 979. The second kappa shape index (κ2) is 11.5. The molecule has 1 aliphatic carbocycles. The summed E-state index contributed by atoms with van der Waals surface area (Å²) in [5, 5.41) is 69.6. The molecule has 1 aromatic carbocycles. The first kappa shape index (κ1) is 29.2. The molecule has 11 heteroatoms. The zero-order chi connectivity index (χ0) is 27.7. The summed E-state index contributed by atoms with van der Waals surface area (Å²) in [6.45, 7) is 7.41. The van der Waals surface area contributed by atoms with Gasteiger partial charge in [0.25, 0.3) is 0 Å². The minimum atomic E-state index is -1.63. The van der Waals surface area contributed by atoms with E-state index in [1.807, 2.05) is 6.92 Å². The maximum Gasteiger partial charge on any atom is 0.338 e. The third kappa shape index (κ3) is 6.73. The van der Waals surface area contributed by atoms with Gasteiger partial charge in [0.15, 0.2) is 23.5 Å². The number of phenolic OH excluding ortho intramolecular Hbond substituents is 3. The maximum atomic E-state index is 12.4. The van der Waals surface area contributed by atoms with Gasteiger partial charge in [0, 0.05) is 0 Å². The van der Waals surface area contributed by atoms with Crippen LogP contribution in [-0.4, -0.2) is 91.2 Å². The molecule has 11 nitrogen and oxygen atoms in total. The number of phenols is 3. The number of benzene rings is 1. The minimum Gasteiger partial charge on any atom is -0.504 e. The van der Waals surface area contributed by atoms with Crippen LogP contribution in [0.5, 0.6) is 17.2 Å². The van der Waals surface area contributed by atoms with Crippen LogP contribution in [0.3, 0.4) is 0 Å². The van der Waals surface area contributed by atoms with E-state index >= 15 is 0 Å². The summed E-state index contributed by atoms with van der Waals surface area (Å²) in [7, 11) is 0. The van der Waals surface area contributed by atoms with Gasteiger partial charge in [0.1, 0.15) is 31.0 Å². The highest BCUT2D eigenvalue weighted by molar-refractivity contribution is 5.91. The Hall–Kier alpha value is -2.41. The SMILES string of the molecule is CC1=C(CC[C@@H](C)O)C(C)(C)C[C@H](O[C@@H]2O[C@H](COC(=O)c3cc(O)c(O)c(O)c3)[C@@H](O)[C@H](O)[C@H]2O)C1. The summed E-state index contributed by atoms with van der Waals surface area (Å²) in [6, 6.07) is 1.80. The van der Waals surface area contributed by atoms with Crippen molar-refractivity contribution in [3.05, 3.63) is 28.8 Å². The van der Waals surface area contributed by atoms with Gasteiger partial charge in [-0.15, -0.1) is 0 Å². The van der Waals surface area contributed by atoms with E-state index in [0.29, 0.717) is 19.3 Å². The number of esters is 1. The lowest BCUT2D eigenvalue weighted by atomic mass is 9.70. The van der Waals surface area contributed by atoms with E-state index in [4.69, 9.17) is 14.2 Å². The number of hydrogen-bond donors (Lipinski definition) is 7. The van der Waals surface area contributed by atoms with E-state index in [1.165, 1.54) is 5.57 Å². The standard InChI is InChI=1S/C26H38O11/c1-12-7-15(10-26(3,4)16(12)6-5-13(2)27)36-25-23(33)22(32)21(31)19(37-25)11-35-24(34)14-8-17(28)20(30)18(29)9-14/h8-9,13,15,19,21-23,25,27-33H,5-7,10-11H2,1-4H3/t13-,15-,19-,21-,22+,23-,25-/m1/s1. The summed E-state index contributed by atoms with van der Waals surface area (Å²) in [5.41, 5.74) is 1.89. The first-order valence-electron chi connectivity index (χ1n) is 12.4. The molecule has 0 saturated carbocycles. The lowest BCUT2D eigenvalue weighted by Gasteiger charge is -2.44. The molecule has 0 unspecified atom stereocenters. The van der Waals surface area contributed by atoms with Crippen molar-refractivity contribution in [1.29, 1.82) is 0 Å². The first-order valence-corrected chi connectivity index (χ1v) is 12.4. The van der Waals surface area contributed by atoms with E-state index in [0.717, 1.165) is 24.1 Å². The predicted octanol–water partition coefficient (Wildman–Crippen LogP) is 1.45. The summed E-state index contributed by atoms with van der Waals surface area (Å²) < 4.78 is 16.9. The van der Waals surface area contributed by atoms with Gasteiger partial charge in [0.05, 0.1) is 17.8 Å². The van der Waals surface area contributed by atoms with Crippen molar-refractivity contribution in [3.63, 3.8) is 0 Å². The lowest BCUT2D eigenvalue weighted by Crippen LogP contribution is -2.60. The zero-order valence-corrected chi connectivity index (χ0v) is 21.5. The highest BCUT2D eigenvalue weighted by Gasteiger charge is 2.46. The van der Waals surface area contributed by atoms with Crippen LogP contribution in [0.25, 0.3) is 0 Å². The third-order valence-corrected chi connectivity index (χ3v) is 7.10. The van der Waals surface area contributed by atoms with Gasteiger partial charge in [-0.05, 0) is 57.1 Å². The molecule has 3 rings (SSSR count). The molecule has 1 fully saturated rings. The topological polar surface area (TPSA) is 186 Å². The van der Waals surface area contributed by atoms with Crippen LogP contribution in [0, 0.1) is 5.41 Å². The molecular weight excluding hydrogens is 488 g/mol. The second-order valence-electron chi connectivity index (χ2n) is 10.7. The van der Waals surface area contributed by atoms with Crippen LogP contribution in [0.4, 0.5) is 0 Å². The molecule has 37 heavy (non-hydrogen) atoms. The maximum absolute atomic E-state index is 12.4. The number of aromatic hydroxyl groups is 3. The summed E-state index contributed by atoms with van der Waals surface area (Å²) in [5.74, 6) is -3.21. The molecule has 1 heterocycles. The van der Waals surface area contributed by atoms with Crippen molar-refractivity contribution in [2.24, 2.45) is 5.41 Å². The van der Waals surface area contributed by atoms with Crippen LogP contribution in [-0.2, 0) is 14.2 Å². The molecule has 1 aliphatic heterocycles. The molecule has 2 aliphatic rings. The van der Waals surface area contributed by atoms with Gasteiger partial charge in [0.2, 0.25) is 0 Å². The molecule has 7 N–H and O–H groups in total. The number of allylic oxidation sites excluding steroid dienone is 1. The van der Waals surface area contributed by atoms with Crippen molar-refractivity contribution in [2.45, 2.75) is 96.3 Å². The first-order chi connectivity index (χ1) is 17.2. The normalized spacial score (nSPS) is 30.7. The monoisotopic (exact) mass is 526 g/mol. The van der Waals surface area contributed by atoms with Crippen molar-refractivity contribution in [1.82, 2.24) is 0 Å². The van der Waals surface area contributed by atoms with Gasteiger partial charge in [-0.25, -0.2) is 4.79 Å². The van der Waals surface area contributed by atoms with Gasteiger partial charge in [-0.1, -0.05) is 25.0 Å². The Morgan fingerprint density at radius 1 is 1.11 bits per heavy atom. The third-order valence-electron chi connectivity index (χ3n) is 7.10. The predicted molar refractivity (Wildman–Crippen MR) is 130 cm³/mol. The largest absolute Gasteiger partial charge is 0.504 e. The molecule has 0 spiro atoms. The lowest BCUT2D eigenvalue weighted by molar-refractivity contribution is -0.312. The average Bonchev–Trinajstić information content (AvgIpc) is 2.80. The Kier molecular flexibility index (Phi) is 9.10. The quantitative estimate of drug-likeness (QED) is 0.148. The summed E-state index contributed by atoms with van der Waals surface area (Å²) in [4.78, 5) is 12.4. The number of hydrogen-bond acceptors (Lipinski definition) is 11. The number of ether oxygens (including phenoxy) is 3. The molecular formula is C26H38O11. The fraction of sp³-hybridized carbons (Fsp3) is 0.654. The smallest absolute Gasteiger partial charge is 0.338 e. The number of rotatable bonds is 8. The van der Waals surface area contributed by atoms with Crippen LogP contribution < -0.4 is 0 Å². The van der Waals surface area contributed by atoms with Gasteiger partial charge in [-0.2, -0.15) is 0 Å². The highest BCUT2D eigenvalue weighted by Crippen LogP contribution is 2.44. The van der Waals surface area contributed by atoms with Crippen molar-refractivity contribution in [3.8, 4) is 17.2 Å². The van der Waals surface area contributed by atoms with Gasteiger partial charge >= 0.3 is 5.97 Å². The fourth-order valence-electron chi connectivity index (χ4n) is 5.13. The van der Waals surface area contributed by atoms with Crippen LogP contribution in [0.15, 0.2) is 23.3 Å². The second-order valence-corrected chi connectivity index (χ2v) is 10.7. The molecule has 208 valence electrons. The van der Waals surface area contributed by atoms with Crippen LogP contribution >= 0.6 is 0 Å². The Morgan fingerprint density at radius 3 is 2.30 bits per heavy atom. The molecule has 7 atom stereocenters. The zero-order valence-electron chi connectivity index (χ0n) is 21.5.